The number of hydrogen-bond acceptors (Lipinski definition) is 4. The highest BCUT2D eigenvalue weighted by atomic mass is 16.5. The minimum atomic E-state index is -0.471. The first-order valence-corrected chi connectivity index (χ1v) is 5.55. The van der Waals surface area contributed by atoms with Gasteiger partial charge in [-0.05, 0) is 26.4 Å². The van der Waals surface area contributed by atoms with Crippen LogP contribution >= 0.6 is 0 Å². The van der Waals surface area contributed by atoms with Crippen LogP contribution in [0.5, 0.6) is 0 Å². The Bertz CT molecular complexity index is 268. The highest BCUT2D eigenvalue weighted by molar-refractivity contribution is 5.94. The standard InChI is InChI=1S/C11H20N2O3/c1-12-6-4-5-9(8-12)13(2)10(14)7-11(15)16-3/h9H,4-8H2,1-3H3. The van der Waals surface area contributed by atoms with Crippen LogP contribution in [0.15, 0.2) is 0 Å². The third-order valence-corrected chi connectivity index (χ3v) is 3.06. The number of carbonyl (C=O) groups is 2. The molecule has 1 atom stereocenters. The predicted octanol–water partition coefficient (Wildman–Crippen LogP) is 0.102. The Morgan fingerprint density at radius 2 is 2.19 bits per heavy atom. The first-order chi connectivity index (χ1) is 7.54. The molecule has 16 heavy (non-hydrogen) atoms. The van der Waals surface area contributed by atoms with Gasteiger partial charge in [0.2, 0.25) is 5.91 Å². The SMILES string of the molecule is COC(=O)CC(=O)N(C)C1CCCN(C)C1. The summed E-state index contributed by atoms with van der Waals surface area (Å²) in [5.74, 6) is -0.631. The van der Waals surface area contributed by atoms with E-state index in [9.17, 15) is 9.59 Å². The van der Waals surface area contributed by atoms with Crippen LogP contribution in [0.4, 0.5) is 0 Å². The highest BCUT2D eigenvalue weighted by Crippen LogP contribution is 2.14. The molecule has 1 amide bonds. The monoisotopic (exact) mass is 228 g/mol. The molecule has 1 heterocycles. The van der Waals surface area contributed by atoms with E-state index in [1.165, 1.54) is 7.11 Å². The highest BCUT2D eigenvalue weighted by Gasteiger charge is 2.25. The summed E-state index contributed by atoms with van der Waals surface area (Å²) in [4.78, 5) is 26.6. The summed E-state index contributed by atoms with van der Waals surface area (Å²) in [6.07, 6.45) is 1.94. The van der Waals surface area contributed by atoms with E-state index in [2.05, 4.69) is 9.64 Å². The van der Waals surface area contributed by atoms with E-state index < -0.39 is 5.97 Å². The molecule has 1 aliphatic heterocycles. The Labute approximate surface area is 96.3 Å². The zero-order chi connectivity index (χ0) is 12.1. The summed E-state index contributed by atoms with van der Waals surface area (Å²) in [6, 6.07) is 0.218. The van der Waals surface area contributed by atoms with Gasteiger partial charge in [-0.15, -0.1) is 0 Å². The molecule has 0 saturated carbocycles. The molecule has 0 aromatic heterocycles. The molecule has 1 rings (SSSR count). The van der Waals surface area contributed by atoms with Crippen molar-refractivity contribution in [3.8, 4) is 0 Å². The Morgan fingerprint density at radius 1 is 1.50 bits per heavy atom. The lowest BCUT2D eigenvalue weighted by molar-refractivity contribution is -0.147. The quantitative estimate of drug-likeness (QED) is 0.508. The average Bonchev–Trinajstić information content (AvgIpc) is 2.27. The van der Waals surface area contributed by atoms with Crippen molar-refractivity contribution in [2.75, 3.05) is 34.3 Å². The Morgan fingerprint density at radius 3 is 2.75 bits per heavy atom. The number of ether oxygens (including phenoxy) is 1. The second-order valence-corrected chi connectivity index (χ2v) is 4.32. The van der Waals surface area contributed by atoms with Crippen molar-refractivity contribution < 1.29 is 14.3 Å². The Hall–Kier alpha value is -1.10. The fourth-order valence-electron chi connectivity index (χ4n) is 1.98. The van der Waals surface area contributed by atoms with Crippen LogP contribution in [0.2, 0.25) is 0 Å². The van der Waals surface area contributed by atoms with E-state index in [-0.39, 0.29) is 18.4 Å². The predicted molar refractivity (Wildman–Crippen MR) is 59.9 cm³/mol. The molecular weight excluding hydrogens is 208 g/mol. The first kappa shape index (κ1) is 13.0. The fraction of sp³-hybridized carbons (Fsp3) is 0.818. The van der Waals surface area contributed by atoms with E-state index >= 15 is 0 Å². The van der Waals surface area contributed by atoms with E-state index in [4.69, 9.17) is 0 Å². The van der Waals surface area contributed by atoms with Crippen LogP contribution < -0.4 is 0 Å². The van der Waals surface area contributed by atoms with Crippen molar-refractivity contribution in [2.45, 2.75) is 25.3 Å². The van der Waals surface area contributed by atoms with Gasteiger partial charge in [-0.3, -0.25) is 9.59 Å². The molecule has 0 N–H and O–H groups in total. The lowest BCUT2D eigenvalue weighted by Gasteiger charge is -2.35. The first-order valence-electron chi connectivity index (χ1n) is 5.55. The average molecular weight is 228 g/mol. The largest absolute Gasteiger partial charge is 0.469 e. The van der Waals surface area contributed by atoms with E-state index in [0.29, 0.717) is 0 Å². The van der Waals surface area contributed by atoms with Gasteiger partial charge >= 0.3 is 5.97 Å². The van der Waals surface area contributed by atoms with Gasteiger partial charge in [0.25, 0.3) is 0 Å². The maximum atomic E-state index is 11.7. The summed E-state index contributed by atoms with van der Waals surface area (Å²) in [6.45, 7) is 1.96. The van der Waals surface area contributed by atoms with Gasteiger partial charge in [0.05, 0.1) is 7.11 Å². The van der Waals surface area contributed by atoms with Crippen molar-refractivity contribution in [2.24, 2.45) is 0 Å². The van der Waals surface area contributed by atoms with Gasteiger partial charge in [0.1, 0.15) is 6.42 Å². The minimum absolute atomic E-state index is 0.160. The number of nitrogens with zero attached hydrogens (tertiary/aromatic N) is 2. The van der Waals surface area contributed by atoms with Crippen LogP contribution in [0.1, 0.15) is 19.3 Å². The molecule has 0 aliphatic carbocycles. The van der Waals surface area contributed by atoms with Gasteiger partial charge in [0, 0.05) is 19.6 Å². The number of likely N-dealkylation sites (N-methyl/N-ethyl adjacent to an activating group) is 2. The zero-order valence-corrected chi connectivity index (χ0v) is 10.2. The molecule has 5 heteroatoms. The zero-order valence-electron chi connectivity index (χ0n) is 10.2. The minimum Gasteiger partial charge on any atom is -0.469 e. The van der Waals surface area contributed by atoms with Gasteiger partial charge in [0.15, 0.2) is 0 Å². The summed E-state index contributed by atoms with van der Waals surface area (Å²) < 4.78 is 4.48. The molecular formula is C11H20N2O3. The van der Waals surface area contributed by atoms with Crippen LogP contribution in [0.3, 0.4) is 0 Å². The van der Waals surface area contributed by atoms with Crippen LogP contribution in [0, 0.1) is 0 Å². The molecule has 0 aromatic rings. The second kappa shape index (κ2) is 5.84. The third kappa shape index (κ3) is 3.48. The third-order valence-electron chi connectivity index (χ3n) is 3.06. The molecule has 5 nitrogen and oxygen atoms in total. The van der Waals surface area contributed by atoms with Crippen molar-refractivity contribution in [1.82, 2.24) is 9.80 Å². The molecule has 0 bridgehead atoms. The topological polar surface area (TPSA) is 49.9 Å². The summed E-state index contributed by atoms with van der Waals surface area (Å²) in [5, 5.41) is 0. The van der Waals surface area contributed by atoms with E-state index in [1.807, 2.05) is 7.05 Å². The number of hydrogen-bond donors (Lipinski definition) is 0. The molecule has 0 aromatic carbocycles. The lowest BCUT2D eigenvalue weighted by atomic mass is 10.0. The van der Waals surface area contributed by atoms with Gasteiger partial charge in [-0.2, -0.15) is 0 Å². The number of esters is 1. The number of piperidine rings is 1. The maximum absolute atomic E-state index is 11.7. The normalized spacial score (nSPS) is 21.6. The Kier molecular flexibility index (Phi) is 4.73. The van der Waals surface area contributed by atoms with Crippen LogP contribution in [-0.4, -0.2) is 62.0 Å². The number of methoxy groups -OCH3 is 1. The van der Waals surface area contributed by atoms with Crippen molar-refractivity contribution >= 4 is 11.9 Å². The number of carbonyl (C=O) groups excluding carboxylic acids is 2. The van der Waals surface area contributed by atoms with Crippen LogP contribution in [0.25, 0.3) is 0 Å². The number of rotatable bonds is 3. The summed E-state index contributed by atoms with van der Waals surface area (Å²) in [7, 11) is 5.10. The fourth-order valence-corrected chi connectivity index (χ4v) is 1.98. The maximum Gasteiger partial charge on any atom is 0.315 e. The molecule has 1 fully saturated rings. The molecule has 1 saturated heterocycles. The van der Waals surface area contributed by atoms with E-state index in [0.717, 1.165) is 25.9 Å². The number of amides is 1. The van der Waals surface area contributed by atoms with E-state index in [1.54, 1.807) is 11.9 Å². The second-order valence-electron chi connectivity index (χ2n) is 4.32. The Balaban J connectivity index is 2.46. The summed E-state index contributed by atoms with van der Waals surface area (Å²) in [5.41, 5.74) is 0. The molecule has 0 radical (unpaired) electrons. The van der Waals surface area contributed by atoms with Gasteiger partial charge in [-0.1, -0.05) is 0 Å². The van der Waals surface area contributed by atoms with Gasteiger partial charge in [-0.25, -0.2) is 0 Å². The molecule has 92 valence electrons. The van der Waals surface area contributed by atoms with Crippen molar-refractivity contribution in [1.29, 1.82) is 0 Å². The smallest absolute Gasteiger partial charge is 0.315 e. The van der Waals surface area contributed by atoms with Crippen LogP contribution in [-0.2, 0) is 14.3 Å². The molecule has 0 spiro atoms. The van der Waals surface area contributed by atoms with Crippen molar-refractivity contribution in [3.05, 3.63) is 0 Å². The van der Waals surface area contributed by atoms with Crippen molar-refractivity contribution in [3.63, 3.8) is 0 Å². The van der Waals surface area contributed by atoms with Gasteiger partial charge < -0.3 is 14.5 Å². The number of likely N-dealkylation sites (tertiary alicyclic amines) is 1. The molecule has 1 aliphatic rings. The lowest BCUT2D eigenvalue weighted by Crippen LogP contribution is -2.47. The summed E-state index contributed by atoms with van der Waals surface area (Å²) >= 11 is 0. The molecule has 1 unspecified atom stereocenters.